The van der Waals surface area contributed by atoms with Crippen LogP contribution in [0.25, 0.3) is 0 Å². The molecular formula is C19H29N3O2. The second-order valence-electron chi connectivity index (χ2n) is 7.14. The third kappa shape index (κ3) is 4.35. The van der Waals surface area contributed by atoms with Crippen LogP contribution in [0.1, 0.15) is 24.8 Å². The first kappa shape index (κ1) is 17.4. The Bertz CT molecular complexity index is 529. The molecule has 1 aromatic rings. The van der Waals surface area contributed by atoms with E-state index >= 15 is 0 Å². The highest BCUT2D eigenvalue weighted by atomic mass is 16.3. The molecule has 1 amide bonds. The summed E-state index contributed by atoms with van der Waals surface area (Å²) in [6.45, 7) is 4.58. The second-order valence-corrected chi connectivity index (χ2v) is 7.14. The van der Waals surface area contributed by atoms with E-state index < -0.39 is 0 Å². The van der Waals surface area contributed by atoms with E-state index in [1.165, 1.54) is 5.56 Å². The first-order valence-electron chi connectivity index (χ1n) is 9.06. The molecule has 0 aromatic heterocycles. The maximum Gasteiger partial charge on any atom is 0.236 e. The number of hydrogen-bond acceptors (Lipinski definition) is 4. The van der Waals surface area contributed by atoms with Crippen molar-refractivity contribution in [2.24, 2.45) is 0 Å². The van der Waals surface area contributed by atoms with E-state index in [9.17, 15) is 9.90 Å². The van der Waals surface area contributed by atoms with E-state index in [0.717, 1.165) is 52.0 Å². The molecule has 1 N–H and O–H groups in total. The molecule has 1 aromatic carbocycles. The van der Waals surface area contributed by atoms with Gasteiger partial charge in [-0.05, 0) is 31.9 Å². The SMILES string of the molecule is CN(CC(=O)N1CCN(C2CCCC2O)CC1)Cc1ccccc1. The molecule has 2 aliphatic rings. The zero-order chi connectivity index (χ0) is 16.9. The fraction of sp³-hybridized carbons (Fsp3) is 0.632. The lowest BCUT2D eigenvalue weighted by Crippen LogP contribution is -2.54. The lowest BCUT2D eigenvalue weighted by molar-refractivity contribution is -0.134. The number of amides is 1. The molecule has 0 spiro atoms. The maximum absolute atomic E-state index is 12.5. The van der Waals surface area contributed by atoms with Crippen molar-refractivity contribution < 1.29 is 9.90 Å². The Kier molecular flexibility index (Phi) is 5.87. The molecule has 5 nitrogen and oxygen atoms in total. The molecule has 1 saturated heterocycles. The zero-order valence-corrected chi connectivity index (χ0v) is 14.6. The van der Waals surface area contributed by atoms with E-state index in [1.807, 2.05) is 30.1 Å². The van der Waals surface area contributed by atoms with Gasteiger partial charge in [0.2, 0.25) is 5.91 Å². The summed E-state index contributed by atoms with van der Waals surface area (Å²) < 4.78 is 0. The molecule has 1 aliphatic heterocycles. The largest absolute Gasteiger partial charge is 0.391 e. The third-order valence-corrected chi connectivity index (χ3v) is 5.28. The minimum Gasteiger partial charge on any atom is -0.391 e. The summed E-state index contributed by atoms with van der Waals surface area (Å²) in [6.07, 6.45) is 2.96. The Morgan fingerprint density at radius 2 is 1.88 bits per heavy atom. The predicted molar refractivity (Wildman–Crippen MR) is 94.6 cm³/mol. The molecule has 2 unspecified atom stereocenters. The van der Waals surface area contributed by atoms with Gasteiger partial charge in [-0.15, -0.1) is 0 Å². The van der Waals surface area contributed by atoms with Gasteiger partial charge < -0.3 is 10.0 Å². The highest BCUT2D eigenvalue weighted by Crippen LogP contribution is 2.25. The van der Waals surface area contributed by atoms with E-state index in [1.54, 1.807) is 0 Å². The molecule has 24 heavy (non-hydrogen) atoms. The zero-order valence-electron chi connectivity index (χ0n) is 14.6. The van der Waals surface area contributed by atoms with Crippen LogP contribution >= 0.6 is 0 Å². The average Bonchev–Trinajstić information content (AvgIpc) is 3.02. The van der Waals surface area contributed by atoms with Crippen LogP contribution in [0.15, 0.2) is 30.3 Å². The summed E-state index contributed by atoms with van der Waals surface area (Å²) in [6, 6.07) is 10.6. The van der Waals surface area contributed by atoms with Crippen molar-refractivity contribution in [3.05, 3.63) is 35.9 Å². The number of carbonyl (C=O) groups excluding carboxylic acids is 1. The molecule has 0 bridgehead atoms. The van der Waals surface area contributed by atoms with Crippen LogP contribution in [0, 0.1) is 0 Å². The Morgan fingerprint density at radius 1 is 1.17 bits per heavy atom. The number of likely N-dealkylation sites (N-methyl/N-ethyl adjacent to an activating group) is 1. The van der Waals surface area contributed by atoms with Gasteiger partial charge in [0.1, 0.15) is 0 Å². The molecule has 3 rings (SSSR count). The van der Waals surface area contributed by atoms with Crippen molar-refractivity contribution in [1.82, 2.24) is 14.7 Å². The van der Waals surface area contributed by atoms with Crippen LogP contribution in [0.5, 0.6) is 0 Å². The maximum atomic E-state index is 12.5. The van der Waals surface area contributed by atoms with Gasteiger partial charge in [0.05, 0.1) is 12.6 Å². The minimum atomic E-state index is -0.177. The van der Waals surface area contributed by atoms with Gasteiger partial charge in [-0.3, -0.25) is 14.6 Å². The lowest BCUT2D eigenvalue weighted by Gasteiger charge is -2.39. The van der Waals surface area contributed by atoms with E-state index in [-0.39, 0.29) is 12.0 Å². The van der Waals surface area contributed by atoms with Crippen molar-refractivity contribution in [1.29, 1.82) is 0 Å². The van der Waals surface area contributed by atoms with Gasteiger partial charge >= 0.3 is 0 Å². The number of piperazine rings is 1. The van der Waals surface area contributed by atoms with Crippen LogP contribution in [0.2, 0.25) is 0 Å². The fourth-order valence-corrected chi connectivity index (χ4v) is 3.93. The molecule has 0 radical (unpaired) electrons. The standard InChI is InChI=1S/C19H29N3O2/c1-20(14-16-6-3-2-4-7-16)15-19(24)22-12-10-21(11-13-22)17-8-5-9-18(17)23/h2-4,6-7,17-18,23H,5,8-15H2,1H3. The normalized spacial score (nSPS) is 25.4. The molecule has 2 atom stereocenters. The predicted octanol–water partition coefficient (Wildman–Crippen LogP) is 1.18. The second kappa shape index (κ2) is 8.10. The quantitative estimate of drug-likeness (QED) is 0.880. The lowest BCUT2D eigenvalue weighted by atomic mass is 10.1. The molecule has 2 fully saturated rings. The van der Waals surface area contributed by atoms with Gasteiger partial charge in [-0.1, -0.05) is 30.3 Å². The number of hydrogen-bond donors (Lipinski definition) is 1. The van der Waals surface area contributed by atoms with Crippen LogP contribution < -0.4 is 0 Å². The molecule has 1 aliphatic carbocycles. The average molecular weight is 331 g/mol. The Labute approximate surface area is 144 Å². The Morgan fingerprint density at radius 3 is 2.50 bits per heavy atom. The topological polar surface area (TPSA) is 47.0 Å². The Balaban J connectivity index is 1.43. The van der Waals surface area contributed by atoms with Gasteiger partial charge in [-0.2, -0.15) is 0 Å². The minimum absolute atomic E-state index is 0.177. The smallest absolute Gasteiger partial charge is 0.236 e. The number of rotatable bonds is 5. The highest BCUT2D eigenvalue weighted by molar-refractivity contribution is 5.78. The van der Waals surface area contributed by atoms with Crippen molar-refractivity contribution >= 4 is 5.91 Å². The number of nitrogens with zero attached hydrogens (tertiary/aromatic N) is 3. The number of carbonyl (C=O) groups is 1. The van der Waals surface area contributed by atoms with Crippen LogP contribution in [0.4, 0.5) is 0 Å². The summed E-state index contributed by atoms with van der Waals surface area (Å²) in [7, 11) is 2.00. The fourth-order valence-electron chi connectivity index (χ4n) is 3.93. The number of aliphatic hydroxyl groups excluding tert-OH is 1. The van der Waals surface area contributed by atoms with Crippen LogP contribution in [0.3, 0.4) is 0 Å². The first-order valence-corrected chi connectivity index (χ1v) is 9.06. The van der Waals surface area contributed by atoms with Crippen molar-refractivity contribution in [3.8, 4) is 0 Å². The van der Waals surface area contributed by atoms with E-state index in [4.69, 9.17) is 0 Å². The molecule has 5 heteroatoms. The van der Waals surface area contributed by atoms with Crippen molar-refractivity contribution in [2.45, 2.75) is 38.0 Å². The van der Waals surface area contributed by atoms with Gasteiger partial charge in [0.25, 0.3) is 0 Å². The van der Waals surface area contributed by atoms with Gasteiger partial charge in [0, 0.05) is 38.8 Å². The van der Waals surface area contributed by atoms with Crippen molar-refractivity contribution in [3.63, 3.8) is 0 Å². The summed E-state index contributed by atoms with van der Waals surface area (Å²) in [4.78, 5) is 18.9. The molecule has 132 valence electrons. The van der Waals surface area contributed by atoms with Crippen LogP contribution in [-0.4, -0.2) is 77.6 Å². The molecule has 1 heterocycles. The summed E-state index contributed by atoms with van der Waals surface area (Å²) in [5.41, 5.74) is 1.23. The Hall–Kier alpha value is -1.43. The van der Waals surface area contributed by atoms with Crippen molar-refractivity contribution in [2.75, 3.05) is 39.8 Å². The highest BCUT2D eigenvalue weighted by Gasteiger charge is 2.33. The third-order valence-electron chi connectivity index (χ3n) is 5.28. The van der Waals surface area contributed by atoms with Gasteiger partial charge in [0.15, 0.2) is 0 Å². The number of benzene rings is 1. The van der Waals surface area contributed by atoms with Crippen LogP contribution in [-0.2, 0) is 11.3 Å². The van der Waals surface area contributed by atoms with Gasteiger partial charge in [-0.25, -0.2) is 0 Å². The number of aliphatic hydroxyl groups is 1. The van der Waals surface area contributed by atoms with E-state index in [2.05, 4.69) is 21.9 Å². The molecular weight excluding hydrogens is 302 g/mol. The summed E-state index contributed by atoms with van der Waals surface area (Å²) >= 11 is 0. The molecule has 1 saturated carbocycles. The summed E-state index contributed by atoms with van der Waals surface area (Å²) in [5, 5.41) is 10.0. The summed E-state index contributed by atoms with van der Waals surface area (Å²) in [5.74, 6) is 0.208. The van der Waals surface area contributed by atoms with E-state index in [0.29, 0.717) is 12.6 Å². The monoisotopic (exact) mass is 331 g/mol. The first-order chi connectivity index (χ1) is 11.6.